The third-order valence-corrected chi connectivity index (χ3v) is 3.31. The Kier molecular flexibility index (Phi) is 4.80. The van der Waals surface area contributed by atoms with Crippen LogP contribution in [0.2, 0.25) is 5.02 Å². The number of rotatable bonds is 3. The number of esters is 1. The Bertz CT molecular complexity index is 559. The van der Waals surface area contributed by atoms with Crippen molar-refractivity contribution in [1.82, 2.24) is 5.32 Å². The van der Waals surface area contributed by atoms with Gasteiger partial charge in [-0.2, -0.15) is 0 Å². The molecule has 1 heterocycles. The fraction of sp³-hybridized carbons (Fsp3) is 0.357. The first-order valence-corrected chi connectivity index (χ1v) is 6.92. The van der Waals surface area contributed by atoms with E-state index in [0.29, 0.717) is 17.3 Å². The largest absolute Gasteiger partial charge is 0.459 e. The van der Waals surface area contributed by atoms with Crippen molar-refractivity contribution < 1.29 is 19.1 Å². The number of carbonyl (C=O) groups is 3. The summed E-state index contributed by atoms with van der Waals surface area (Å²) in [5.74, 6) is -1.88. The third-order valence-electron chi connectivity index (χ3n) is 3.06. The summed E-state index contributed by atoms with van der Waals surface area (Å²) < 4.78 is 4.60. The van der Waals surface area contributed by atoms with E-state index in [1.54, 1.807) is 36.1 Å². The van der Waals surface area contributed by atoms with Crippen LogP contribution in [0.4, 0.5) is 5.69 Å². The summed E-state index contributed by atoms with van der Waals surface area (Å²) in [4.78, 5) is 36.3. The highest BCUT2D eigenvalue weighted by atomic mass is 35.5. The molecule has 0 saturated carbocycles. The average molecular weight is 311 g/mol. The minimum atomic E-state index is -0.935. The van der Waals surface area contributed by atoms with Crippen LogP contribution < -0.4 is 10.2 Å². The molecule has 1 aromatic carbocycles. The number of halogens is 1. The molecule has 0 bridgehead atoms. The van der Waals surface area contributed by atoms with Gasteiger partial charge >= 0.3 is 11.9 Å². The second-order valence-corrected chi connectivity index (χ2v) is 5.01. The van der Waals surface area contributed by atoms with Crippen LogP contribution in [0.3, 0.4) is 0 Å². The molecule has 0 aromatic heterocycles. The van der Waals surface area contributed by atoms with Crippen LogP contribution >= 0.6 is 11.6 Å². The molecule has 1 aliphatic rings. The number of carbonyl (C=O) groups excluding carboxylic acids is 3. The molecule has 112 valence electrons. The van der Waals surface area contributed by atoms with Gasteiger partial charge in [0.05, 0.1) is 12.6 Å². The molecule has 2 rings (SSSR count). The fourth-order valence-corrected chi connectivity index (χ4v) is 2.24. The van der Waals surface area contributed by atoms with Gasteiger partial charge in [0, 0.05) is 23.7 Å². The Morgan fingerprint density at radius 2 is 2.05 bits per heavy atom. The number of nitrogens with zero attached hydrogens (tertiary/aromatic N) is 1. The summed E-state index contributed by atoms with van der Waals surface area (Å²) in [5.41, 5.74) is 0.706. The maximum atomic E-state index is 12.0. The molecule has 1 N–H and O–H groups in total. The summed E-state index contributed by atoms with van der Waals surface area (Å²) in [6.45, 7) is 2.06. The summed E-state index contributed by atoms with van der Waals surface area (Å²) in [5, 5.41) is 3.08. The Hall–Kier alpha value is -2.08. The van der Waals surface area contributed by atoms with E-state index in [2.05, 4.69) is 10.1 Å². The molecular weight excluding hydrogens is 296 g/mol. The Balaban J connectivity index is 1.98. The molecular formula is C14H15ClN2O4. The van der Waals surface area contributed by atoms with Gasteiger partial charge in [0.15, 0.2) is 0 Å². The van der Waals surface area contributed by atoms with E-state index in [4.69, 9.17) is 11.6 Å². The quantitative estimate of drug-likeness (QED) is 0.670. The monoisotopic (exact) mass is 310 g/mol. The van der Waals surface area contributed by atoms with E-state index in [1.807, 2.05) is 0 Å². The van der Waals surface area contributed by atoms with Gasteiger partial charge in [0.2, 0.25) is 5.91 Å². The van der Waals surface area contributed by atoms with Gasteiger partial charge in [0.25, 0.3) is 0 Å². The van der Waals surface area contributed by atoms with Crippen LogP contribution in [0.15, 0.2) is 24.3 Å². The maximum Gasteiger partial charge on any atom is 0.396 e. The van der Waals surface area contributed by atoms with Crippen LogP contribution in [0, 0.1) is 0 Å². The van der Waals surface area contributed by atoms with E-state index in [9.17, 15) is 14.4 Å². The Morgan fingerprint density at radius 1 is 1.38 bits per heavy atom. The van der Waals surface area contributed by atoms with Crippen LogP contribution in [0.1, 0.15) is 13.3 Å². The Morgan fingerprint density at radius 3 is 2.67 bits per heavy atom. The fourth-order valence-electron chi connectivity index (χ4n) is 2.12. The number of hydrogen-bond donors (Lipinski definition) is 1. The van der Waals surface area contributed by atoms with Gasteiger partial charge in [0.1, 0.15) is 0 Å². The van der Waals surface area contributed by atoms with Crippen molar-refractivity contribution in [2.45, 2.75) is 19.4 Å². The number of hydrogen-bond acceptors (Lipinski definition) is 4. The average Bonchev–Trinajstić information content (AvgIpc) is 2.80. The highest BCUT2D eigenvalue weighted by Crippen LogP contribution is 2.23. The van der Waals surface area contributed by atoms with E-state index in [-0.39, 0.29) is 18.9 Å². The summed E-state index contributed by atoms with van der Waals surface area (Å²) in [6.07, 6.45) is 0.147. The van der Waals surface area contributed by atoms with Crippen molar-refractivity contribution in [2.24, 2.45) is 0 Å². The van der Waals surface area contributed by atoms with Crippen molar-refractivity contribution in [3.05, 3.63) is 29.3 Å². The zero-order chi connectivity index (χ0) is 15.4. The van der Waals surface area contributed by atoms with E-state index in [0.717, 1.165) is 0 Å². The van der Waals surface area contributed by atoms with Gasteiger partial charge in [-0.05, 0) is 31.2 Å². The van der Waals surface area contributed by atoms with Crippen molar-refractivity contribution in [3.63, 3.8) is 0 Å². The molecule has 21 heavy (non-hydrogen) atoms. The zero-order valence-electron chi connectivity index (χ0n) is 11.5. The molecule has 1 aliphatic heterocycles. The van der Waals surface area contributed by atoms with Crippen LogP contribution in [0.5, 0.6) is 0 Å². The van der Waals surface area contributed by atoms with Gasteiger partial charge < -0.3 is 15.0 Å². The number of ether oxygens (including phenoxy) is 1. The molecule has 0 spiro atoms. The van der Waals surface area contributed by atoms with E-state index >= 15 is 0 Å². The van der Waals surface area contributed by atoms with Gasteiger partial charge in [-0.3, -0.25) is 9.59 Å². The number of nitrogens with one attached hydrogen (secondary N) is 1. The van der Waals surface area contributed by atoms with Crippen LogP contribution in [-0.2, 0) is 19.1 Å². The molecule has 2 amide bonds. The molecule has 6 nitrogen and oxygen atoms in total. The van der Waals surface area contributed by atoms with Gasteiger partial charge in [-0.25, -0.2) is 4.79 Å². The zero-order valence-corrected chi connectivity index (χ0v) is 12.2. The second kappa shape index (κ2) is 6.58. The first-order chi connectivity index (χ1) is 10.0. The van der Waals surface area contributed by atoms with Crippen molar-refractivity contribution in [2.75, 3.05) is 18.1 Å². The lowest BCUT2D eigenvalue weighted by Crippen LogP contribution is -2.41. The summed E-state index contributed by atoms with van der Waals surface area (Å²) >= 11 is 5.80. The molecule has 0 unspecified atom stereocenters. The highest BCUT2D eigenvalue weighted by Gasteiger charge is 2.32. The number of amides is 2. The van der Waals surface area contributed by atoms with Gasteiger partial charge in [-0.1, -0.05) is 11.6 Å². The van der Waals surface area contributed by atoms with Crippen molar-refractivity contribution in [3.8, 4) is 0 Å². The summed E-state index contributed by atoms with van der Waals surface area (Å²) in [7, 11) is 0. The minimum Gasteiger partial charge on any atom is -0.459 e. The molecule has 7 heteroatoms. The smallest absolute Gasteiger partial charge is 0.396 e. The first kappa shape index (κ1) is 15.3. The van der Waals surface area contributed by atoms with Crippen LogP contribution in [-0.4, -0.2) is 37.0 Å². The molecule has 1 saturated heterocycles. The predicted molar refractivity (Wildman–Crippen MR) is 77.0 cm³/mol. The standard InChI is InChI=1S/C14H15ClN2O4/c1-2-21-14(20)13(19)16-10-7-12(18)17(8-10)11-5-3-9(15)4-6-11/h3-6,10H,2,7-8H2,1H3,(H,16,19)/t10-/m0/s1. The molecule has 0 aliphatic carbocycles. The summed E-state index contributed by atoms with van der Waals surface area (Å²) in [6, 6.07) is 6.43. The lowest BCUT2D eigenvalue weighted by Gasteiger charge is -2.17. The number of benzene rings is 1. The predicted octanol–water partition coefficient (Wildman–Crippen LogP) is 1.12. The molecule has 1 fully saturated rings. The maximum absolute atomic E-state index is 12.0. The highest BCUT2D eigenvalue weighted by molar-refractivity contribution is 6.32. The Labute approximate surface area is 127 Å². The molecule has 0 radical (unpaired) electrons. The number of anilines is 1. The minimum absolute atomic E-state index is 0.119. The lowest BCUT2D eigenvalue weighted by atomic mass is 10.2. The van der Waals surface area contributed by atoms with Crippen molar-refractivity contribution >= 4 is 35.1 Å². The van der Waals surface area contributed by atoms with Gasteiger partial charge in [-0.15, -0.1) is 0 Å². The topological polar surface area (TPSA) is 75.7 Å². The third kappa shape index (κ3) is 3.72. The lowest BCUT2D eigenvalue weighted by molar-refractivity contribution is -0.154. The first-order valence-electron chi connectivity index (χ1n) is 6.54. The van der Waals surface area contributed by atoms with Crippen LogP contribution in [0.25, 0.3) is 0 Å². The SMILES string of the molecule is CCOC(=O)C(=O)N[C@H]1CC(=O)N(c2ccc(Cl)cc2)C1. The van der Waals surface area contributed by atoms with E-state index in [1.165, 1.54) is 0 Å². The normalized spacial score (nSPS) is 17.7. The molecule has 1 atom stereocenters. The second-order valence-electron chi connectivity index (χ2n) is 4.58. The van der Waals surface area contributed by atoms with Crippen molar-refractivity contribution in [1.29, 1.82) is 0 Å². The van der Waals surface area contributed by atoms with E-state index < -0.39 is 17.9 Å². The molecule has 1 aromatic rings.